The molecular weight excluding hydrogens is 227 g/mol. The van der Waals surface area contributed by atoms with E-state index in [0.717, 1.165) is 17.4 Å². The van der Waals surface area contributed by atoms with E-state index < -0.39 is 0 Å². The van der Waals surface area contributed by atoms with Crippen LogP contribution in [0.1, 0.15) is 36.8 Å². The number of hydrogen-bond donors (Lipinski definition) is 1. The Morgan fingerprint density at radius 2 is 2.22 bits per heavy atom. The maximum Gasteiger partial charge on any atom is 0.123 e. The summed E-state index contributed by atoms with van der Waals surface area (Å²) >= 11 is 0. The van der Waals surface area contributed by atoms with Gasteiger partial charge in [0.1, 0.15) is 5.82 Å². The molecule has 1 aromatic rings. The van der Waals surface area contributed by atoms with Crippen LogP contribution >= 0.6 is 0 Å². The van der Waals surface area contributed by atoms with Gasteiger partial charge in [0.2, 0.25) is 0 Å². The molecule has 1 aromatic carbocycles. The Morgan fingerprint density at radius 3 is 2.89 bits per heavy atom. The van der Waals surface area contributed by atoms with E-state index in [1.807, 2.05) is 0 Å². The zero-order valence-corrected chi connectivity index (χ0v) is 10.3. The summed E-state index contributed by atoms with van der Waals surface area (Å²) in [7, 11) is 0. The van der Waals surface area contributed by atoms with Crippen molar-refractivity contribution in [1.82, 2.24) is 5.32 Å². The molecule has 3 rings (SSSR count). The first-order valence-electron chi connectivity index (χ1n) is 6.68. The molecule has 3 unspecified atom stereocenters. The molecular formula is C15H17FN2. The Balaban J connectivity index is 1.66. The zero-order valence-electron chi connectivity index (χ0n) is 10.3. The normalized spacial score (nSPS) is 29.4. The average molecular weight is 244 g/mol. The van der Waals surface area contributed by atoms with Gasteiger partial charge in [-0.25, -0.2) is 4.39 Å². The maximum atomic E-state index is 13.2. The molecule has 2 aliphatic carbocycles. The monoisotopic (exact) mass is 244 g/mol. The first kappa shape index (κ1) is 11.7. The van der Waals surface area contributed by atoms with Crippen LogP contribution < -0.4 is 5.32 Å². The highest BCUT2D eigenvalue weighted by Crippen LogP contribution is 2.44. The van der Waals surface area contributed by atoms with Gasteiger partial charge in [0.15, 0.2) is 0 Å². The molecule has 18 heavy (non-hydrogen) atoms. The van der Waals surface area contributed by atoms with Crippen LogP contribution in [0.3, 0.4) is 0 Å². The summed E-state index contributed by atoms with van der Waals surface area (Å²) in [6.07, 6.45) is 5.32. The minimum atomic E-state index is -0.265. The number of nitriles is 1. The summed E-state index contributed by atoms with van der Waals surface area (Å²) in [6.45, 7) is 0.606. The topological polar surface area (TPSA) is 35.8 Å². The highest BCUT2D eigenvalue weighted by atomic mass is 19.1. The van der Waals surface area contributed by atoms with Gasteiger partial charge >= 0.3 is 0 Å². The standard InChI is InChI=1S/C15H17FN2/c16-14-4-3-12(8-17)13(7-14)9-18-15-6-10-1-2-11(15)5-10/h3-4,7,10-11,15,18H,1-2,5-6,9H2. The second kappa shape index (κ2) is 4.70. The Hall–Kier alpha value is -1.40. The van der Waals surface area contributed by atoms with Crippen molar-refractivity contribution in [3.05, 3.63) is 35.1 Å². The van der Waals surface area contributed by atoms with Gasteiger partial charge in [-0.15, -0.1) is 0 Å². The van der Waals surface area contributed by atoms with E-state index in [0.29, 0.717) is 18.2 Å². The van der Waals surface area contributed by atoms with Crippen LogP contribution in [0.5, 0.6) is 0 Å². The molecule has 0 amide bonds. The average Bonchev–Trinajstić information content (AvgIpc) is 2.98. The van der Waals surface area contributed by atoms with Crippen molar-refractivity contribution in [3.63, 3.8) is 0 Å². The fourth-order valence-corrected chi connectivity index (χ4v) is 3.55. The van der Waals surface area contributed by atoms with Gasteiger partial charge in [0.05, 0.1) is 11.6 Å². The molecule has 2 saturated carbocycles. The molecule has 0 spiro atoms. The number of benzene rings is 1. The molecule has 1 N–H and O–H groups in total. The third-order valence-corrected chi connectivity index (χ3v) is 4.48. The summed E-state index contributed by atoms with van der Waals surface area (Å²) in [5.41, 5.74) is 1.35. The predicted molar refractivity (Wildman–Crippen MR) is 67.2 cm³/mol. The summed E-state index contributed by atoms with van der Waals surface area (Å²) in [5.74, 6) is 1.43. The molecule has 2 bridgehead atoms. The SMILES string of the molecule is N#Cc1ccc(F)cc1CNC1CC2CCC1C2. The molecule has 94 valence electrons. The van der Waals surface area contributed by atoms with Crippen molar-refractivity contribution in [1.29, 1.82) is 5.26 Å². The van der Waals surface area contributed by atoms with Gasteiger partial charge < -0.3 is 5.32 Å². The molecule has 0 heterocycles. The first-order chi connectivity index (χ1) is 8.76. The first-order valence-corrected chi connectivity index (χ1v) is 6.68. The van der Waals surface area contributed by atoms with Crippen LogP contribution in [0, 0.1) is 29.0 Å². The lowest BCUT2D eigenvalue weighted by Crippen LogP contribution is -2.33. The number of rotatable bonds is 3. The van der Waals surface area contributed by atoms with Crippen molar-refractivity contribution < 1.29 is 4.39 Å². The van der Waals surface area contributed by atoms with E-state index in [4.69, 9.17) is 5.26 Å². The molecule has 2 nitrogen and oxygen atoms in total. The van der Waals surface area contributed by atoms with Crippen LogP contribution in [0.4, 0.5) is 4.39 Å². The van der Waals surface area contributed by atoms with Gasteiger partial charge in [0.25, 0.3) is 0 Å². The van der Waals surface area contributed by atoms with Gasteiger partial charge in [0, 0.05) is 12.6 Å². The number of fused-ring (bicyclic) bond motifs is 2. The molecule has 3 heteroatoms. The minimum absolute atomic E-state index is 0.265. The van der Waals surface area contributed by atoms with Crippen LogP contribution in [0.2, 0.25) is 0 Å². The predicted octanol–water partition coefficient (Wildman–Crippen LogP) is 2.98. The lowest BCUT2D eigenvalue weighted by Gasteiger charge is -2.23. The largest absolute Gasteiger partial charge is 0.310 e. The number of nitrogens with one attached hydrogen (secondary N) is 1. The molecule has 0 saturated heterocycles. The van der Waals surface area contributed by atoms with E-state index in [1.54, 1.807) is 6.07 Å². The third-order valence-electron chi connectivity index (χ3n) is 4.48. The van der Waals surface area contributed by atoms with Crippen LogP contribution in [0.25, 0.3) is 0 Å². The van der Waals surface area contributed by atoms with Crippen molar-refractivity contribution in [2.24, 2.45) is 11.8 Å². The summed E-state index contributed by atoms with van der Waals surface area (Å²) in [4.78, 5) is 0. The lowest BCUT2D eigenvalue weighted by molar-refractivity contribution is 0.350. The summed E-state index contributed by atoms with van der Waals surface area (Å²) in [5, 5.41) is 12.5. The maximum absolute atomic E-state index is 13.2. The van der Waals surface area contributed by atoms with Crippen LogP contribution in [-0.2, 0) is 6.54 Å². The third kappa shape index (κ3) is 2.13. The number of halogens is 1. The van der Waals surface area contributed by atoms with Crippen LogP contribution in [0.15, 0.2) is 18.2 Å². The summed E-state index contributed by atoms with van der Waals surface area (Å²) in [6, 6.07) is 7.07. The van der Waals surface area contributed by atoms with Crippen molar-refractivity contribution in [2.75, 3.05) is 0 Å². The van der Waals surface area contributed by atoms with Gasteiger partial charge in [-0.2, -0.15) is 5.26 Å². The van der Waals surface area contributed by atoms with E-state index >= 15 is 0 Å². The highest BCUT2D eigenvalue weighted by Gasteiger charge is 2.38. The molecule has 2 fully saturated rings. The quantitative estimate of drug-likeness (QED) is 0.887. The second-order valence-corrected chi connectivity index (χ2v) is 5.58. The van der Waals surface area contributed by atoms with Crippen LogP contribution in [-0.4, -0.2) is 6.04 Å². The van der Waals surface area contributed by atoms with E-state index in [9.17, 15) is 4.39 Å². The van der Waals surface area contributed by atoms with Gasteiger partial charge in [-0.1, -0.05) is 6.42 Å². The second-order valence-electron chi connectivity index (χ2n) is 5.58. The van der Waals surface area contributed by atoms with E-state index in [1.165, 1.54) is 37.8 Å². The molecule has 2 aliphatic rings. The molecule has 3 atom stereocenters. The Morgan fingerprint density at radius 1 is 1.33 bits per heavy atom. The lowest BCUT2D eigenvalue weighted by atomic mass is 9.95. The fourth-order valence-electron chi connectivity index (χ4n) is 3.55. The number of hydrogen-bond acceptors (Lipinski definition) is 2. The number of nitrogens with zero attached hydrogens (tertiary/aromatic N) is 1. The fraction of sp³-hybridized carbons (Fsp3) is 0.533. The van der Waals surface area contributed by atoms with E-state index in [2.05, 4.69) is 11.4 Å². The Bertz CT molecular complexity index is 492. The Labute approximate surface area is 107 Å². The zero-order chi connectivity index (χ0) is 12.5. The van der Waals surface area contributed by atoms with E-state index in [-0.39, 0.29) is 5.82 Å². The summed E-state index contributed by atoms with van der Waals surface area (Å²) < 4.78 is 13.2. The highest BCUT2D eigenvalue weighted by molar-refractivity contribution is 5.37. The van der Waals surface area contributed by atoms with Crippen molar-refractivity contribution in [2.45, 2.75) is 38.3 Å². The van der Waals surface area contributed by atoms with Gasteiger partial charge in [-0.05, 0) is 54.9 Å². The Kier molecular flexibility index (Phi) is 3.05. The van der Waals surface area contributed by atoms with Crippen molar-refractivity contribution >= 4 is 0 Å². The van der Waals surface area contributed by atoms with Crippen molar-refractivity contribution in [3.8, 4) is 6.07 Å². The van der Waals surface area contributed by atoms with Gasteiger partial charge in [-0.3, -0.25) is 0 Å². The molecule has 0 aromatic heterocycles. The smallest absolute Gasteiger partial charge is 0.123 e. The minimum Gasteiger partial charge on any atom is -0.310 e. The molecule has 0 radical (unpaired) electrons. The molecule has 0 aliphatic heterocycles.